The van der Waals surface area contributed by atoms with Crippen LogP contribution < -0.4 is 0 Å². The van der Waals surface area contributed by atoms with Crippen LogP contribution in [0.2, 0.25) is 0 Å². The quantitative estimate of drug-likeness (QED) is 0.327. The van der Waals surface area contributed by atoms with E-state index in [2.05, 4.69) is 3.07 Å². The zero-order valence-electron chi connectivity index (χ0n) is 3.51. The van der Waals surface area contributed by atoms with Crippen LogP contribution in [0.5, 0.6) is 0 Å². The monoisotopic (exact) mass is 306 g/mol. The minimum absolute atomic E-state index is 0.288. The van der Waals surface area contributed by atoms with Gasteiger partial charge < -0.3 is 0 Å². The summed E-state index contributed by atoms with van der Waals surface area (Å²) in [6.45, 7) is 0.464. The second-order valence-corrected chi connectivity index (χ2v) is 15.0. The molecule has 0 unspecified atom stereocenters. The van der Waals surface area contributed by atoms with E-state index >= 15 is 0 Å². The Bertz CT molecular complexity index is 37.8. The van der Waals surface area contributed by atoms with Crippen molar-refractivity contribution in [1.82, 2.24) is 0 Å². The van der Waals surface area contributed by atoms with E-state index in [1.807, 2.05) is 0 Å². The first-order chi connectivity index (χ1) is 2.91. The molecule has 0 heterocycles. The van der Waals surface area contributed by atoms with Crippen LogP contribution in [0.4, 0.5) is 0 Å². The van der Waals surface area contributed by atoms with Crippen molar-refractivity contribution in [2.24, 2.45) is 0 Å². The van der Waals surface area contributed by atoms with E-state index in [0.29, 0.717) is 6.47 Å². The van der Waals surface area contributed by atoms with E-state index in [1.165, 1.54) is 0 Å². The second-order valence-electron chi connectivity index (χ2n) is 0.669. The summed E-state index contributed by atoms with van der Waals surface area (Å²) in [4.78, 5) is 9.34. The van der Waals surface area contributed by atoms with Crippen LogP contribution in [-0.4, -0.2) is 51.4 Å². The van der Waals surface area contributed by atoms with Crippen molar-refractivity contribution in [1.29, 1.82) is 0 Å². The SMILES string of the molecule is O=C[O][SnH2][O][SnH3]. The Balaban J connectivity index is 2.49. The Morgan fingerprint density at radius 1 is 1.83 bits per heavy atom. The molecule has 0 bridgehead atoms. The molecule has 0 aromatic rings. The number of hydrogen-bond acceptors (Lipinski definition) is 3. The van der Waals surface area contributed by atoms with Crippen molar-refractivity contribution >= 4 is 51.4 Å². The molecule has 0 amide bonds. The molecule has 0 aromatic heterocycles. The van der Waals surface area contributed by atoms with Gasteiger partial charge in [0, 0.05) is 0 Å². The molecule has 36 valence electrons. The molecule has 3 nitrogen and oxygen atoms in total. The normalized spacial score (nSPS) is 10.0. The van der Waals surface area contributed by atoms with Crippen LogP contribution in [-0.2, 0) is 9.28 Å². The third-order valence-corrected chi connectivity index (χ3v) is 6.22. The van der Waals surface area contributed by atoms with E-state index in [9.17, 15) is 4.79 Å². The summed E-state index contributed by atoms with van der Waals surface area (Å²) in [5.41, 5.74) is 0. The number of carbonyl (C=O) groups is 1. The van der Waals surface area contributed by atoms with Crippen LogP contribution in [0, 0.1) is 0 Å². The van der Waals surface area contributed by atoms with E-state index in [-0.39, 0.29) is 22.9 Å². The molecule has 0 aliphatic carbocycles. The molecule has 0 aliphatic rings. The van der Waals surface area contributed by atoms with Gasteiger partial charge in [-0.05, 0) is 0 Å². The van der Waals surface area contributed by atoms with Crippen LogP contribution in [0.3, 0.4) is 0 Å². The first-order valence-corrected chi connectivity index (χ1v) is 7.08. The summed E-state index contributed by atoms with van der Waals surface area (Å²) < 4.78 is 9.09. The minimum atomic E-state index is -1.36. The Morgan fingerprint density at radius 2 is 2.50 bits per heavy atom. The van der Waals surface area contributed by atoms with Gasteiger partial charge in [-0.2, -0.15) is 0 Å². The third-order valence-electron chi connectivity index (χ3n) is 0.254. The molecule has 0 N–H and O–H groups in total. The Morgan fingerprint density at radius 3 is 2.67 bits per heavy atom. The van der Waals surface area contributed by atoms with Crippen LogP contribution in [0.15, 0.2) is 0 Å². The molecule has 0 spiro atoms. The van der Waals surface area contributed by atoms with Crippen molar-refractivity contribution in [2.75, 3.05) is 0 Å². The number of hydrogen-bond donors (Lipinski definition) is 0. The summed E-state index contributed by atoms with van der Waals surface area (Å²) in [5, 5.41) is 0. The van der Waals surface area contributed by atoms with Crippen molar-refractivity contribution in [3.05, 3.63) is 0 Å². The van der Waals surface area contributed by atoms with Crippen molar-refractivity contribution in [2.45, 2.75) is 0 Å². The Hall–Kier alpha value is 1.03. The molecule has 0 saturated heterocycles. The zero-order chi connectivity index (χ0) is 4.83. The van der Waals surface area contributed by atoms with Crippen LogP contribution >= 0.6 is 0 Å². The predicted octanol–water partition coefficient (Wildman–Crippen LogP) is -2.54. The molecule has 6 heavy (non-hydrogen) atoms. The van der Waals surface area contributed by atoms with Gasteiger partial charge in [-0.25, -0.2) is 0 Å². The third kappa shape index (κ3) is 5.03. The molecule has 0 atom stereocenters. The van der Waals surface area contributed by atoms with Crippen molar-refractivity contribution in [3.8, 4) is 0 Å². The summed E-state index contributed by atoms with van der Waals surface area (Å²) in [6.07, 6.45) is 0. The topological polar surface area (TPSA) is 35.5 Å². The van der Waals surface area contributed by atoms with Gasteiger partial charge in [0.15, 0.2) is 0 Å². The molecule has 0 saturated carbocycles. The first-order valence-electron chi connectivity index (χ1n) is 1.46. The summed E-state index contributed by atoms with van der Waals surface area (Å²) in [6, 6.07) is 0. The standard InChI is InChI=1S/CH2O2.O.2Sn.5H/c2-1-3;;;;;;;;/h1H,(H,2,3);;;;;;;;/q;;;+1;;;;;/p-1. The fourth-order valence-corrected chi connectivity index (χ4v) is 3.25. The summed E-state index contributed by atoms with van der Waals surface area (Å²) in [7, 11) is 0. The van der Waals surface area contributed by atoms with Crippen molar-refractivity contribution in [3.63, 3.8) is 0 Å². The van der Waals surface area contributed by atoms with Gasteiger partial charge in [-0.3, -0.25) is 0 Å². The molecule has 0 fully saturated rings. The number of rotatable bonds is 3. The molecule has 0 rings (SSSR count). The van der Waals surface area contributed by atoms with Gasteiger partial charge >= 0.3 is 60.7 Å². The van der Waals surface area contributed by atoms with E-state index in [1.54, 1.807) is 0 Å². The summed E-state index contributed by atoms with van der Waals surface area (Å²) in [5.74, 6) is 0. The van der Waals surface area contributed by atoms with Gasteiger partial charge in [0.05, 0.1) is 0 Å². The van der Waals surface area contributed by atoms with Gasteiger partial charge in [0.1, 0.15) is 0 Å². The maximum absolute atomic E-state index is 9.34. The Kier molecular flexibility index (Phi) is 7.06. The number of carbonyl (C=O) groups excluding carboxylic acids is 1. The summed E-state index contributed by atoms with van der Waals surface area (Å²) >= 11 is -1.07. The predicted molar refractivity (Wildman–Crippen MR) is 26.7 cm³/mol. The van der Waals surface area contributed by atoms with Crippen molar-refractivity contribution < 1.29 is 9.28 Å². The first kappa shape index (κ1) is 7.03. The maximum atomic E-state index is 9.34. The average molecular weight is 303 g/mol. The van der Waals surface area contributed by atoms with Crippen LogP contribution in [0.25, 0.3) is 0 Å². The van der Waals surface area contributed by atoms with E-state index < -0.39 is 22.0 Å². The molecule has 0 radical (unpaired) electrons. The van der Waals surface area contributed by atoms with Gasteiger partial charge in [-0.1, -0.05) is 0 Å². The fourth-order valence-electron chi connectivity index (χ4n) is 0.0958. The molecular weight excluding hydrogens is 297 g/mol. The average Bonchev–Trinajstić information content (AvgIpc) is 1.61. The Labute approximate surface area is 60.3 Å². The molecule has 0 aliphatic heterocycles. The second kappa shape index (κ2) is 6.03. The molecular formula is CH6O3Sn2. The van der Waals surface area contributed by atoms with E-state index in [4.69, 9.17) is 1.41 Å². The van der Waals surface area contributed by atoms with Gasteiger partial charge in [0.2, 0.25) is 0 Å². The van der Waals surface area contributed by atoms with Crippen LogP contribution in [0.1, 0.15) is 0 Å². The molecule has 5 heteroatoms. The van der Waals surface area contributed by atoms with Gasteiger partial charge in [0.25, 0.3) is 0 Å². The van der Waals surface area contributed by atoms with E-state index in [0.717, 1.165) is 0 Å². The molecule has 0 aromatic carbocycles. The zero-order valence-corrected chi connectivity index (χ0v) is 13.3. The fraction of sp³-hybridized carbons (Fsp3) is 0. The van der Waals surface area contributed by atoms with Gasteiger partial charge in [-0.15, -0.1) is 0 Å².